The van der Waals surface area contributed by atoms with Gasteiger partial charge in [-0.05, 0) is 20.3 Å². The zero-order valence-electron chi connectivity index (χ0n) is 8.42. The number of alkyl halides is 1. The van der Waals surface area contributed by atoms with Crippen molar-refractivity contribution in [3.63, 3.8) is 0 Å². The van der Waals surface area contributed by atoms with E-state index >= 15 is 0 Å². The summed E-state index contributed by atoms with van der Waals surface area (Å²) in [6.07, 6.45) is 0.999. The van der Waals surface area contributed by atoms with E-state index in [0.717, 1.165) is 6.42 Å². The quantitative estimate of drug-likeness (QED) is 0.759. The zero-order valence-corrected chi connectivity index (χ0v) is 10.0. The first-order valence-corrected chi connectivity index (χ1v) is 5.50. The fourth-order valence-electron chi connectivity index (χ4n) is 1.77. The molecule has 4 nitrogen and oxygen atoms in total. The van der Waals surface area contributed by atoms with Crippen LogP contribution in [0.3, 0.4) is 0 Å². The number of primary amides is 1. The van der Waals surface area contributed by atoms with Crippen molar-refractivity contribution in [2.75, 3.05) is 6.54 Å². The predicted molar refractivity (Wildman–Crippen MR) is 56.9 cm³/mol. The van der Waals surface area contributed by atoms with Crippen LogP contribution in [0.5, 0.6) is 0 Å². The van der Waals surface area contributed by atoms with Gasteiger partial charge in [-0.3, -0.25) is 9.59 Å². The van der Waals surface area contributed by atoms with Crippen LogP contribution in [0.25, 0.3) is 0 Å². The second kappa shape index (κ2) is 3.88. The van der Waals surface area contributed by atoms with E-state index in [4.69, 9.17) is 5.73 Å². The van der Waals surface area contributed by atoms with Gasteiger partial charge in [0.1, 0.15) is 0 Å². The lowest BCUT2D eigenvalue weighted by molar-refractivity contribution is -0.133. The summed E-state index contributed by atoms with van der Waals surface area (Å²) in [6.45, 7) is 4.41. The molecular weight excluding hydrogens is 248 g/mol. The number of hydrogen-bond acceptors (Lipinski definition) is 2. The van der Waals surface area contributed by atoms with Crippen molar-refractivity contribution < 1.29 is 9.59 Å². The summed E-state index contributed by atoms with van der Waals surface area (Å²) in [6, 6.07) is 0. The molecule has 0 radical (unpaired) electrons. The van der Waals surface area contributed by atoms with Gasteiger partial charge in [0.25, 0.3) is 0 Å². The molecule has 0 saturated carbocycles. The van der Waals surface area contributed by atoms with Gasteiger partial charge in [0, 0.05) is 18.5 Å². The second-order valence-corrected chi connectivity index (χ2v) is 5.31. The Labute approximate surface area is 91.9 Å². The van der Waals surface area contributed by atoms with E-state index in [2.05, 4.69) is 15.9 Å². The van der Waals surface area contributed by atoms with Crippen LogP contribution in [0, 0.1) is 0 Å². The molecule has 5 heteroatoms. The first-order valence-electron chi connectivity index (χ1n) is 4.58. The third kappa shape index (κ3) is 2.26. The molecule has 1 atom stereocenters. The molecule has 2 amide bonds. The van der Waals surface area contributed by atoms with Crippen LogP contribution in [0.15, 0.2) is 0 Å². The number of amides is 2. The van der Waals surface area contributed by atoms with Crippen molar-refractivity contribution in [1.29, 1.82) is 0 Å². The Morgan fingerprint density at radius 1 is 1.71 bits per heavy atom. The largest absolute Gasteiger partial charge is 0.370 e. The van der Waals surface area contributed by atoms with Crippen molar-refractivity contribution in [3.8, 4) is 0 Å². The number of nitrogens with two attached hydrogens (primary N) is 1. The lowest BCUT2D eigenvalue weighted by Crippen LogP contribution is -2.47. The molecule has 0 bridgehead atoms. The number of rotatable bonds is 3. The zero-order chi connectivity index (χ0) is 10.9. The molecule has 1 saturated heterocycles. The molecule has 0 aromatic heterocycles. The Morgan fingerprint density at radius 2 is 2.29 bits per heavy atom. The Morgan fingerprint density at radius 3 is 2.64 bits per heavy atom. The summed E-state index contributed by atoms with van der Waals surface area (Å²) in [5.41, 5.74) is 4.67. The third-order valence-corrected chi connectivity index (χ3v) is 3.33. The summed E-state index contributed by atoms with van der Waals surface area (Å²) in [5.74, 6) is -0.322. The molecule has 1 unspecified atom stereocenters. The predicted octanol–water partition coefficient (Wildman–Crippen LogP) is 0.636. The molecule has 1 aliphatic heterocycles. The van der Waals surface area contributed by atoms with Crippen LogP contribution in [0.2, 0.25) is 0 Å². The number of carbonyl (C=O) groups is 2. The van der Waals surface area contributed by atoms with E-state index in [9.17, 15) is 9.59 Å². The minimum Gasteiger partial charge on any atom is -0.370 e. The van der Waals surface area contributed by atoms with E-state index in [-0.39, 0.29) is 23.1 Å². The maximum absolute atomic E-state index is 11.7. The van der Waals surface area contributed by atoms with E-state index in [1.807, 2.05) is 13.8 Å². The lowest BCUT2D eigenvalue weighted by Gasteiger charge is -2.34. The van der Waals surface area contributed by atoms with E-state index < -0.39 is 5.54 Å². The molecular formula is C9H15BrN2O2. The van der Waals surface area contributed by atoms with Gasteiger partial charge in [-0.15, -0.1) is 0 Å². The van der Waals surface area contributed by atoms with Gasteiger partial charge in [-0.25, -0.2) is 0 Å². The van der Waals surface area contributed by atoms with Gasteiger partial charge in [0.05, 0.1) is 4.83 Å². The number of nitrogens with zero attached hydrogens (tertiary/aromatic N) is 1. The average molecular weight is 263 g/mol. The monoisotopic (exact) mass is 262 g/mol. The van der Waals surface area contributed by atoms with Crippen molar-refractivity contribution in [3.05, 3.63) is 0 Å². The molecule has 0 spiro atoms. The summed E-state index contributed by atoms with van der Waals surface area (Å²) in [7, 11) is 0. The molecule has 80 valence electrons. The molecule has 1 fully saturated rings. The van der Waals surface area contributed by atoms with Crippen LogP contribution in [0.1, 0.15) is 26.7 Å². The highest BCUT2D eigenvalue weighted by Crippen LogP contribution is 2.28. The average Bonchev–Trinajstić information content (AvgIpc) is 2.30. The molecule has 0 aromatic carbocycles. The van der Waals surface area contributed by atoms with E-state index in [1.165, 1.54) is 0 Å². The van der Waals surface area contributed by atoms with Crippen LogP contribution in [-0.4, -0.2) is 33.6 Å². The van der Waals surface area contributed by atoms with Crippen molar-refractivity contribution >= 4 is 27.7 Å². The summed E-state index contributed by atoms with van der Waals surface area (Å²) >= 11 is 3.30. The van der Waals surface area contributed by atoms with Gasteiger partial charge < -0.3 is 10.6 Å². The Balaban J connectivity index is 2.73. The standard InChI is InChI=1S/C9H15BrN2O2/c1-9(2,5-7(11)13)12-4-3-6(10)8(12)14/h6H,3-5H2,1-2H3,(H2,11,13). The summed E-state index contributed by atoms with van der Waals surface area (Å²) < 4.78 is 0. The minimum absolute atomic E-state index is 0.0521. The van der Waals surface area contributed by atoms with Gasteiger partial charge in [-0.1, -0.05) is 15.9 Å². The molecule has 1 heterocycles. The highest BCUT2D eigenvalue weighted by Gasteiger charge is 2.39. The molecule has 1 rings (SSSR count). The highest BCUT2D eigenvalue weighted by atomic mass is 79.9. The first kappa shape index (κ1) is 11.5. The molecule has 0 aliphatic carbocycles. The third-order valence-electron chi connectivity index (χ3n) is 2.48. The van der Waals surface area contributed by atoms with Crippen LogP contribution in [-0.2, 0) is 9.59 Å². The van der Waals surface area contributed by atoms with Crippen LogP contribution >= 0.6 is 15.9 Å². The summed E-state index contributed by atoms with van der Waals surface area (Å²) in [4.78, 5) is 24.1. The number of likely N-dealkylation sites (tertiary alicyclic amines) is 1. The normalized spacial score (nSPS) is 22.9. The Kier molecular flexibility index (Phi) is 3.19. The highest BCUT2D eigenvalue weighted by molar-refractivity contribution is 9.10. The lowest BCUT2D eigenvalue weighted by atomic mass is 9.98. The first-order chi connectivity index (χ1) is 6.34. The summed E-state index contributed by atoms with van der Waals surface area (Å²) in [5, 5.41) is 0. The Hall–Kier alpha value is -0.580. The van der Waals surface area contributed by atoms with E-state index in [1.54, 1.807) is 4.90 Å². The SMILES string of the molecule is CC(C)(CC(N)=O)N1CCC(Br)C1=O. The fraction of sp³-hybridized carbons (Fsp3) is 0.778. The smallest absolute Gasteiger partial charge is 0.236 e. The molecule has 2 N–H and O–H groups in total. The van der Waals surface area contributed by atoms with Gasteiger partial charge >= 0.3 is 0 Å². The van der Waals surface area contributed by atoms with E-state index in [0.29, 0.717) is 6.54 Å². The minimum atomic E-state index is -0.467. The van der Waals surface area contributed by atoms with Gasteiger partial charge in [0.2, 0.25) is 11.8 Å². The number of halogens is 1. The van der Waals surface area contributed by atoms with Crippen molar-refractivity contribution in [1.82, 2.24) is 4.90 Å². The fourth-order valence-corrected chi connectivity index (χ4v) is 2.22. The second-order valence-electron chi connectivity index (χ2n) is 4.20. The van der Waals surface area contributed by atoms with Crippen molar-refractivity contribution in [2.24, 2.45) is 5.73 Å². The number of hydrogen-bond donors (Lipinski definition) is 1. The van der Waals surface area contributed by atoms with Crippen LogP contribution < -0.4 is 5.73 Å². The maximum atomic E-state index is 11.7. The molecule has 14 heavy (non-hydrogen) atoms. The Bertz CT molecular complexity index is 266. The van der Waals surface area contributed by atoms with Crippen molar-refractivity contribution in [2.45, 2.75) is 37.1 Å². The molecule has 0 aromatic rings. The topological polar surface area (TPSA) is 63.4 Å². The molecule has 1 aliphatic rings. The number of carbonyl (C=O) groups excluding carboxylic acids is 2. The van der Waals surface area contributed by atoms with Crippen LogP contribution in [0.4, 0.5) is 0 Å². The van der Waals surface area contributed by atoms with Gasteiger partial charge in [0.15, 0.2) is 0 Å². The maximum Gasteiger partial charge on any atom is 0.236 e. The van der Waals surface area contributed by atoms with Gasteiger partial charge in [-0.2, -0.15) is 0 Å².